The van der Waals surface area contributed by atoms with Crippen LogP contribution < -0.4 is 5.32 Å². The van der Waals surface area contributed by atoms with Crippen LogP contribution in [0.4, 0.5) is 4.39 Å². The van der Waals surface area contributed by atoms with E-state index in [2.05, 4.69) is 5.32 Å². The molecular formula is C16H22FNO2. The number of rotatable bonds is 6. The lowest BCUT2D eigenvalue weighted by Gasteiger charge is -2.41. The van der Waals surface area contributed by atoms with Crippen molar-refractivity contribution in [2.75, 3.05) is 6.61 Å². The Labute approximate surface area is 119 Å². The first-order chi connectivity index (χ1) is 9.58. The Balaban J connectivity index is 2.09. The number of hydrogen-bond acceptors (Lipinski definition) is 2. The highest BCUT2D eigenvalue weighted by Crippen LogP contribution is 2.44. The number of benzene rings is 1. The summed E-state index contributed by atoms with van der Waals surface area (Å²) < 4.78 is 13.4. The molecule has 2 N–H and O–H groups in total. The monoisotopic (exact) mass is 279 g/mol. The van der Waals surface area contributed by atoms with Crippen LogP contribution in [0.25, 0.3) is 0 Å². The molecule has 1 aliphatic carbocycles. The summed E-state index contributed by atoms with van der Waals surface area (Å²) >= 11 is 0. The summed E-state index contributed by atoms with van der Waals surface area (Å²) in [6.07, 6.45) is 3.97. The van der Waals surface area contributed by atoms with Crippen molar-refractivity contribution in [1.29, 1.82) is 0 Å². The molecule has 110 valence electrons. The molecule has 0 saturated heterocycles. The summed E-state index contributed by atoms with van der Waals surface area (Å²) in [5, 5.41) is 11.8. The van der Waals surface area contributed by atoms with Crippen molar-refractivity contribution in [1.82, 2.24) is 5.32 Å². The standard InChI is InChI=1S/C16H22FNO2/c1-12(5-3-10-19)18-15(20)16(8-4-9-16)13-6-2-7-14(17)11-13/h2,6-7,11-12,19H,3-5,8-10H2,1H3,(H,18,20). The Morgan fingerprint density at radius 3 is 2.80 bits per heavy atom. The minimum absolute atomic E-state index is 0.0141. The second-order valence-electron chi connectivity index (χ2n) is 5.69. The van der Waals surface area contributed by atoms with Crippen LogP contribution in [0.5, 0.6) is 0 Å². The topological polar surface area (TPSA) is 49.3 Å². The van der Waals surface area contributed by atoms with Crippen molar-refractivity contribution in [3.8, 4) is 0 Å². The average Bonchev–Trinajstić information content (AvgIpc) is 2.35. The van der Waals surface area contributed by atoms with Gasteiger partial charge in [-0.3, -0.25) is 4.79 Å². The van der Waals surface area contributed by atoms with Gasteiger partial charge in [0.05, 0.1) is 5.41 Å². The van der Waals surface area contributed by atoms with Crippen LogP contribution in [0, 0.1) is 5.82 Å². The van der Waals surface area contributed by atoms with E-state index in [0.717, 1.165) is 31.2 Å². The van der Waals surface area contributed by atoms with E-state index >= 15 is 0 Å². The van der Waals surface area contributed by atoms with Crippen molar-refractivity contribution in [2.45, 2.75) is 50.5 Å². The Morgan fingerprint density at radius 2 is 2.25 bits per heavy atom. The van der Waals surface area contributed by atoms with Gasteiger partial charge in [0.15, 0.2) is 0 Å². The zero-order chi connectivity index (χ0) is 14.6. The molecule has 3 nitrogen and oxygen atoms in total. The minimum atomic E-state index is -0.560. The molecule has 0 bridgehead atoms. The van der Waals surface area contributed by atoms with Crippen molar-refractivity contribution in [2.24, 2.45) is 0 Å². The van der Waals surface area contributed by atoms with Gasteiger partial charge in [-0.2, -0.15) is 0 Å². The molecule has 1 unspecified atom stereocenters. The van der Waals surface area contributed by atoms with Crippen molar-refractivity contribution in [3.05, 3.63) is 35.6 Å². The number of halogens is 1. The number of amides is 1. The van der Waals surface area contributed by atoms with Crippen LogP contribution in [0.2, 0.25) is 0 Å². The third kappa shape index (κ3) is 3.01. The normalized spacial score (nSPS) is 18.1. The molecule has 1 amide bonds. The third-order valence-corrected chi connectivity index (χ3v) is 4.19. The van der Waals surface area contributed by atoms with E-state index in [1.165, 1.54) is 12.1 Å². The summed E-state index contributed by atoms with van der Waals surface area (Å²) in [6.45, 7) is 2.07. The molecule has 1 saturated carbocycles. The summed E-state index contributed by atoms with van der Waals surface area (Å²) in [7, 11) is 0. The first-order valence-electron chi connectivity index (χ1n) is 7.26. The Morgan fingerprint density at radius 1 is 1.50 bits per heavy atom. The van der Waals surface area contributed by atoms with Crippen LogP contribution in [-0.4, -0.2) is 23.7 Å². The molecule has 2 rings (SSSR count). The lowest BCUT2D eigenvalue weighted by molar-refractivity contribution is -0.130. The predicted octanol–water partition coefficient (Wildman–Crippen LogP) is 2.52. The van der Waals surface area contributed by atoms with Gasteiger partial charge in [-0.05, 0) is 50.3 Å². The Bertz CT molecular complexity index is 471. The molecule has 0 aromatic heterocycles. The number of nitrogens with one attached hydrogen (secondary N) is 1. The first-order valence-corrected chi connectivity index (χ1v) is 7.26. The van der Waals surface area contributed by atoms with E-state index in [1.54, 1.807) is 6.07 Å². The number of hydrogen-bond donors (Lipinski definition) is 2. The highest BCUT2D eigenvalue weighted by molar-refractivity contribution is 5.89. The van der Waals surface area contributed by atoms with Gasteiger partial charge in [-0.25, -0.2) is 4.39 Å². The molecule has 1 atom stereocenters. The van der Waals surface area contributed by atoms with E-state index in [1.807, 2.05) is 13.0 Å². The van der Waals surface area contributed by atoms with Crippen LogP contribution in [0.15, 0.2) is 24.3 Å². The lowest BCUT2D eigenvalue weighted by atomic mass is 9.63. The highest BCUT2D eigenvalue weighted by Gasteiger charge is 2.45. The lowest BCUT2D eigenvalue weighted by Crippen LogP contribution is -2.51. The molecular weight excluding hydrogens is 257 g/mol. The molecule has 1 aliphatic rings. The van der Waals surface area contributed by atoms with E-state index in [4.69, 9.17) is 5.11 Å². The molecule has 4 heteroatoms. The molecule has 0 radical (unpaired) electrons. The van der Waals surface area contributed by atoms with Gasteiger partial charge in [0.25, 0.3) is 0 Å². The van der Waals surface area contributed by atoms with E-state index in [-0.39, 0.29) is 24.4 Å². The maximum atomic E-state index is 13.4. The second-order valence-corrected chi connectivity index (χ2v) is 5.69. The van der Waals surface area contributed by atoms with E-state index < -0.39 is 5.41 Å². The fourth-order valence-electron chi connectivity index (χ4n) is 2.79. The van der Waals surface area contributed by atoms with Gasteiger partial charge in [-0.1, -0.05) is 18.6 Å². The zero-order valence-corrected chi connectivity index (χ0v) is 11.9. The summed E-state index contributed by atoms with van der Waals surface area (Å²) in [6, 6.07) is 6.39. The number of carbonyl (C=O) groups excluding carboxylic acids is 1. The fourth-order valence-corrected chi connectivity index (χ4v) is 2.79. The summed E-state index contributed by atoms with van der Waals surface area (Å²) in [5.41, 5.74) is 0.214. The molecule has 20 heavy (non-hydrogen) atoms. The molecule has 0 aliphatic heterocycles. The SMILES string of the molecule is CC(CCCO)NC(=O)C1(c2cccc(F)c2)CCC1. The van der Waals surface area contributed by atoms with Crippen molar-refractivity contribution in [3.63, 3.8) is 0 Å². The number of aliphatic hydroxyl groups is 1. The van der Waals surface area contributed by atoms with Gasteiger partial charge >= 0.3 is 0 Å². The van der Waals surface area contributed by atoms with Crippen LogP contribution in [0.3, 0.4) is 0 Å². The predicted molar refractivity (Wildman–Crippen MR) is 75.9 cm³/mol. The van der Waals surface area contributed by atoms with Gasteiger partial charge in [-0.15, -0.1) is 0 Å². The minimum Gasteiger partial charge on any atom is -0.396 e. The molecule has 0 heterocycles. The van der Waals surface area contributed by atoms with E-state index in [9.17, 15) is 9.18 Å². The van der Waals surface area contributed by atoms with E-state index in [0.29, 0.717) is 6.42 Å². The van der Waals surface area contributed by atoms with Crippen LogP contribution in [0.1, 0.15) is 44.6 Å². The Kier molecular flexibility index (Phi) is 4.76. The second kappa shape index (κ2) is 6.35. The average molecular weight is 279 g/mol. The quantitative estimate of drug-likeness (QED) is 0.840. The molecule has 0 spiro atoms. The van der Waals surface area contributed by atoms with Gasteiger partial charge in [0, 0.05) is 12.6 Å². The third-order valence-electron chi connectivity index (χ3n) is 4.19. The summed E-state index contributed by atoms with van der Waals surface area (Å²) in [4.78, 5) is 12.5. The maximum Gasteiger partial charge on any atom is 0.230 e. The number of carbonyl (C=O) groups is 1. The Hall–Kier alpha value is -1.42. The van der Waals surface area contributed by atoms with Crippen molar-refractivity contribution < 1.29 is 14.3 Å². The smallest absolute Gasteiger partial charge is 0.230 e. The van der Waals surface area contributed by atoms with Gasteiger partial charge < -0.3 is 10.4 Å². The molecule has 1 aromatic rings. The maximum absolute atomic E-state index is 13.4. The largest absolute Gasteiger partial charge is 0.396 e. The summed E-state index contributed by atoms with van der Waals surface area (Å²) in [5.74, 6) is -0.310. The molecule has 1 fully saturated rings. The zero-order valence-electron chi connectivity index (χ0n) is 11.9. The van der Waals surface area contributed by atoms with Crippen molar-refractivity contribution >= 4 is 5.91 Å². The fraction of sp³-hybridized carbons (Fsp3) is 0.562. The van der Waals surface area contributed by atoms with Gasteiger partial charge in [0.2, 0.25) is 5.91 Å². The van der Waals surface area contributed by atoms with Crippen LogP contribution >= 0.6 is 0 Å². The highest BCUT2D eigenvalue weighted by atomic mass is 19.1. The molecule has 1 aromatic carbocycles. The first kappa shape index (κ1) is 15.0. The number of aliphatic hydroxyl groups excluding tert-OH is 1. The van der Waals surface area contributed by atoms with Gasteiger partial charge in [0.1, 0.15) is 5.82 Å². The van der Waals surface area contributed by atoms with Crippen LogP contribution in [-0.2, 0) is 10.2 Å².